The van der Waals surface area contributed by atoms with E-state index in [1.807, 2.05) is 18.2 Å². The number of hydrogen-bond donors (Lipinski definition) is 1. The number of aromatic nitrogens is 3. The molecule has 2 aromatic heterocycles. The summed E-state index contributed by atoms with van der Waals surface area (Å²) in [4.78, 5) is 16.9. The zero-order chi connectivity index (χ0) is 23.5. The van der Waals surface area contributed by atoms with Crippen molar-refractivity contribution in [1.82, 2.24) is 24.8 Å². The molecule has 1 N–H and O–H groups in total. The van der Waals surface area contributed by atoms with E-state index >= 15 is 0 Å². The number of piperazine rings is 1. The van der Waals surface area contributed by atoms with Crippen LogP contribution in [0.3, 0.4) is 0 Å². The number of alkyl halides is 3. The highest BCUT2D eigenvalue weighted by Crippen LogP contribution is 2.24. The lowest BCUT2D eigenvalue weighted by Crippen LogP contribution is -2.45. The maximum absolute atomic E-state index is 12.5. The van der Waals surface area contributed by atoms with Gasteiger partial charge in [-0.2, -0.15) is 0 Å². The van der Waals surface area contributed by atoms with Crippen molar-refractivity contribution in [3.05, 3.63) is 78.1 Å². The minimum atomic E-state index is -4.68. The summed E-state index contributed by atoms with van der Waals surface area (Å²) in [6.07, 6.45) is -1.15. The van der Waals surface area contributed by atoms with Gasteiger partial charge in [-0.3, -0.25) is 14.8 Å². The number of H-pyrrole nitrogens is 1. The third-order valence-electron chi connectivity index (χ3n) is 5.89. The summed E-state index contributed by atoms with van der Waals surface area (Å²) in [6, 6.07) is 16.4. The third kappa shape index (κ3) is 5.55. The van der Waals surface area contributed by atoms with Gasteiger partial charge in [-0.25, -0.2) is 4.98 Å². The van der Waals surface area contributed by atoms with Gasteiger partial charge in [0.1, 0.15) is 11.6 Å². The van der Waals surface area contributed by atoms with E-state index in [1.54, 1.807) is 18.5 Å². The minimum absolute atomic E-state index is 0.177. The molecular formula is C25H24F3N5O. The lowest BCUT2D eigenvalue weighted by molar-refractivity contribution is -0.274. The van der Waals surface area contributed by atoms with Crippen LogP contribution in [0, 0.1) is 0 Å². The molecule has 0 saturated carbocycles. The molecule has 5 rings (SSSR count). The Bertz CT molecular complexity index is 1250. The first kappa shape index (κ1) is 22.4. The standard InChI is InChI=1S/C25H24F3N5O/c26-25(27,28)34-21-5-1-3-18(13-21)16-32-9-11-33(12-10-32)17-19-6-7-22-23(14-19)31-24(30-22)20-4-2-8-29-15-20/h1-8,13-15H,9-12,16-17H2,(H,30,31). The summed E-state index contributed by atoms with van der Waals surface area (Å²) < 4.78 is 41.5. The molecule has 0 amide bonds. The molecule has 4 aromatic rings. The van der Waals surface area contributed by atoms with E-state index < -0.39 is 6.36 Å². The predicted molar refractivity (Wildman–Crippen MR) is 123 cm³/mol. The molecule has 2 aromatic carbocycles. The number of nitrogens with one attached hydrogen (secondary N) is 1. The fourth-order valence-corrected chi connectivity index (χ4v) is 4.25. The van der Waals surface area contributed by atoms with Crippen LogP contribution >= 0.6 is 0 Å². The van der Waals surface area contributed by atoms with Gasteiger partial charge in [0.2, 0.25) is 0 Å². The van der Waals surface area contributed by atoms with Gasteiger partial charge in [-0.05, 0) is 47.5 Å². The first-order chi connectivity index (χ1) is 16.4. The molecule has 0 radical (unpaired) electrons. The highest BCUT2D eigenvalue weighted by Gasteiger charge is 2.31. The molecule has 1 saturated heterocycles. The number of benzene rings is 2. The largest absolute Gasteiger partial charge is 0.573 e. The molecule has 1 aliphatic heterocycles. The fourth-order valence-electron chi connectivity index (χ4n) is 4.25. The van der Waals surface area contributed by atoms with Gasteiger partial charge in [0.05, 0.1) is 11.0 Å². The van der Waals surface area contributed by atoms with Crippen LogP contribution in [0.1, 0.15) is 11.1 Å². The van der Waals surface area contributed by atoms with E-state index in [2.05, 4.69) is 42.7 Å². The average molecular weight is 467 g/mol. The highest BCUT2D eigenvalue weighted by atomic mass is 19.4. The monoisotopic (exact) mass is 467 g/mol. The van der Waals surface area contributed by atoms with Crippen molar-refractivity contribution >= 4 is 11.0 Å². The molecule has 3 heterocycles. The Morgan fingerprint density at radius 3 is 2.29 bits per heavy atom. The lowest BCUT2D eigenvalue weighted by Gasteiger charge is -2.34. The Labute approximate surface area is 195 Å². The first-order valence-corrected chi connectivity index (χ1v) is 11.1. The van der Waals surface area contributed by atoms with Crippen molar-refractivity contribution in [3.63, 3.8) is 0 Å². The summed E-state index contributed by atoms with van der Waals surface area (Å²) >= 11 is 0. The van der Waals surface area contributed by atoms with Crippen molar-refractivity contribution in [3.8, 4) is 17.1 Å². The van der Waals surface area contributed by atoms with E-state index in [-0.39, 0.29) is 5.75 Å². The second-order valence-corrected chi connectivity index (χ2v) is 8.43. The molecule has 0 unspecified atom stereocenters. The Morgan fingerprint density at radius 2 is 1.62 bits per heavy atom. The van der Waals surface area contributed by atoms with E-state index in [4.69, 9.17) is 4.98 Å². The second kappa shape index (κ2) is 9.44. The Kier molecular flexibility index (Phi) is 6.21. The van der Waals surface area contributed by atoms with Crippen molar-refractivity contribution < 1.29 is 17.9 Å². The number of ether oxygens (including phenoxy) is 1. The maximum atomic E-state index is 12.5. The second-order valence-electron chi connectivity index (χ2n) is 8.43. The van der Waals surface area contributed by atoms with Gasteiger partial charge in [0, 0.05) is 57.2 Å². The summed E-state index contributed by atoms with van der Waals surface area (Å²) in [5.41, 5.74) is 4.87. The molecule has 176 valence electrons. The molecular weight excluding hydrogens is 443 g/mol. The molecule has 34 heavy (non-hydrogen) atoms. The Morgan fingerprint density at radius 1 is 0.882 bits per heavy atom. The van der Waals surface area contributed by atoms with Crippen LogP contribution in [0.2, 0.25) is 0 Å². The summed E-state index contributed by atoms with van der Waals surface area (Å²) in [7, 11) is 0. The molecule has 0 atom stereocenters. The molecule has 0 aliphatic carbocycles. The van der Waals surface area contributed by atoms with Gasteiger partial charge in [0.15, 0.2) is 0 Å². The van der Waals surface area contributed by atoms with Gasteiger partial charge >= 0.3 is 6.36 Å². The molecule has 0 bridgehead atoms. The summed E-state index contributed by atoms with van der Waals surface area (Å²) in [5, 5.41) is 0. The SMILES string of the molecule is FC(F)(F)Oc1cccc(CN2CCN(Cc3ccc4[nH]c(-c5cccnc5)nc4c3)CC2)c1. The van der Waals surface area contributed by atoms with Crippen molar-refractivity contribution in [2.45, 2.75) is 19.5 Å². The van der Waals surface area contributed by atoms with E-state index in [0.717, 1.165) is 60.7 Å². The molecule has 9 heteroatoms. The number of nitrogens with zero attached hydrogens (tertiary/aromatic N) is 4. The van der Waals surface area contributed by atoms with Crippen molar-refractivity contribution in [2.24, 2.45) is 0 Å². The molecule has 0 spiro atoms. The van der Waals surface area contributed by atoms with Crippen LogP contribution < -0.4 is 4.74 Å². The normalized spacial score (nSPS) is 15.6. The zero-order valence-corrected chi connectivity index (χ0v) is 18.4. The number of pyridine rings is 1. The molecule has 1 fully saturated rings. The van der Waals surface area contributed by atoms with Gasteiger partial charge in [-0.15, -0.1) is 13.2 Å². The van der Waals surface area contributed by atoms with Crippen LogP contribution in [0.25, 0.3) is 22.4 Å². The number of halogens is 3. The number of fused-ring (bicyclic) bond motifs is 1. The quantitative estimate of drug-likeness (QED) is 0.440. The van der Waals surface area contributed by atoms with E-state index in [0.29, 0.717) is 6.54 Å². The smallest absolute Gasteiger partial charge is 0.406 e. The van der Waals surface area contributed by atoms with Gasteiger partial charge < -0.3 is 9.72 Å². The Hall–Kier alpha value is -3.43. The summed E-state index contributed by atoms with van der Waals surface area (Å²) in [5.74, 6) is 0.627. The number of hydrogen-bond acceptors (Lipinski definition) is 5. The van der Waals surface area contributed by atoms with E-state index in [9.17, 15) is 13.2 Å². The Balaban J connectivity index is 1.17. The highest BCUT2D eigenvalue weighted by molar-refractivity contribution is 5.79. The predicted octanol–water partition coefficient (Wildman–Crippen LogP) is 4.84. The molecule has 1 aliphatic rings. The fraction of sp³-hybridized carbons (Fsp3) is 0.280. The van der Waals surface area contributed by atoms with Crippen molar-refractivity contribution in [1.29, 1.82) is 0 Å². The van der Waals surface area contributed by atoms with E-state index in [1.165, 1.54) is 17.7 Å². The first-order valence-electron chi connectivity index (χ1n) is 11.1. The number of aromatic amines is 1. The van der Waals surface area contributed by atoms with Crippen LogP contribution in [-0.4, -0.2) is 57.3 Å². The summed E-state index contributed by atoms with van der Waals surface area (Å²) in [6.45, 7) is 4.89. The maximum Gasteiger partial charge on any atom is 0.573 e. The van der Waals surface area contributed by atoms with Crippen molar-refractivity contribution in [2.75, 3.05) is 26.2 Å². The number of rotatable bonds is 6. The lowest BCUT2D eigenvalue weighted by atomic mass is 10.1. The van der Waals surface area contributed by atoms with Crippen LogP contribution in [0.4, 0.5) is 13.2 Å². The minimum Gasteiger partial charge on any atom is -0.406 e. The number of imidazole rings is 1. The van der Waals surface area contributed by atoms with Crippen LogP contribution in [0.15, 0.2) is 67.0 Å². The molecule has 6 nitrogen and oxygen atoms in total. The van der Waals surface area contributed by atoms with Crippen LogP contribution in [-0.2, 0) is 13.1 Å². The van der Waals surface area contributed by atoms with Crippen LogP contribution in [0.5, 0.6) is 5.75 Å². The van der Waals surface area contributed by atoms with Gasteiger partial charge in [-0.1, -0.05) is 18.2 Å². The third-order valence-corrected chi connectivity index (χ3v) is 5.89. The zero-order valence-electron chi connectivity index (χ0n) is 18.4. The topological polar surface area (TPSA) is 57.3 Å². The average Bonchev–Trinajstić information content (AvgIpc) is 3.24. The van der Waals surface area contributed by atoms with Gasteiger partial charge in [0.25, 0.3) is 0 Å².